The van der Waals surface area contributed by atoms with Crippen LogP contribution in [0.3, 0.4) is 0 Å². The fraction of sp³-hybridized carbons (Fsp3) is 0.368. The highest BCUT2D eigenvalue weighted by molar-refractivity contribution is 6.06. The lowest BCUT2D eigenvalue weighted by atomic mass is 10.0. The molecule has 2 aromatic rings. The van der Waals surface area contributed by atoms with E-state index >= 15 is 0 Å². The number of hydrogen-bond donors (Lipinski definition) is 1. The molecule has 0 spiro atoms. The van der Waals surface area contributed by atoms with Gasteiger partial charge in [-0.2, -0.15) is 0 Å². The molecule has 1 N–H and O–H groups in total. The number of esters is 1. The molecule has 2 aromatic carbocycles. The smallest absolute Gasteiger partial charge is 0.339 e. The Hall–Kier alpha value is -2.56. The van der Waals surface area contributed by atoms with Crippen molar-refractivity contribution in [2.45, 2.75) is 26.9 Å². The minimum atomic E-state index is -0.850. The predicted octanol–water partition coefficient (Wildman–Crippen LogP) is 3.17. The molecule has 2 rings (SSSR count). The topological polar surface area (TPSA) is 64.6 Å². The van der Waals surface area contributed by atoms with Gasteiger partial charge in [-0.25, -0.2) is 4.79 Å². The van der Waals surface area contributed by atoms with E-state index in [-0.39, 0.29) is 5.91 Å². The van der Waals surface area contributed by atoms with E-state index in [9.17, 15) is 9.59 Å². The predicted molar refractivity (Wildman–Crippen MR) is 93.2 cm³/mol. The molecule has 0 aliphatic carbocycles. The highest BCUT2D eigenvalue weighted by atomic mass is 16.5. The van der Waals surface area contributed by atoms with Gasteiger partial charge in [0.1, 0.15) is 5.75 Å². The Bertz CT molecular complexity index is 739. The highest BCUT2D eigenvalue weighted by Crippen LogP contribution is 2.28. The minimum absolute atomic E-state index is 0.296. The fourth-order valence-corrected chi connectivity index (χ4v) is 2.35. The van der Waals surface area contributed by atoms with Crippen LogP contribution in [-0.2, 0) is 9.53 Å². The highest BCUT2D eigenvalue weighted by Gasteiger charge is 2.21. The SMILES string of the molecule is COc1ccc(C(=O)O[C@@H](C)C(=O)NCC(C)C)c2ccccc12. The Morgan fingerprint density at radius 1 is 1.04 bits per heavy atom. The maximum atomic E-state index is 12.5. The van der Waals surface area contributed by atoms with Crippen molar-refractivity contribution >= 4 is 22.6 Å². The first-order valence-electron chi connectivity index (χ1n) is 7.98. The van der Waals surface area contributed by atoms with Crippen LogP contribution in [0.4, 0.5) is 0 Å². The summed E-state index contributed by atoms with van der Waals surface area (Å²) in [6.45, 7) is 6.12. The van der Waals surface area contributed by atoms with Crippen LogP contribution in [-0.4, -0.2) is 31.6 Å². The molecule has 0 aliphatic heterocycles. The van der Waals surface area contributed by atoms with Gasteiger partial charge in [-0.15, -0.1) is 0 Å². The summed E-state index contributed by atoms with van der Waals surface area (Å²) in [7, 11) is 1.58. The number of carbonyl (C=O) groups is 2. The van der Waals surface area contributed by atoms with Gasteiger partial charge in [0, 0.05) is 11.9 Å². The van der Waals surface area contributed by atoms with E-state index in [1.165, 1.54) is 0 Å². The van der Waals surface area contributed by atoms with E-state index in [0.29, 0.717) is 23.8 Å². The zero-order valence-corrected chi connectivity index (χ0v) is 14.5. The summed E-state index contributed by atoms with van der Waals surface area (Å²) in [5, 5.41) is 4.32. The maximum absolute atomic E-state index is 12.5. The Labute approximate surface area is 141 Å². The van der Waals surface area contributed by atoms with Gasteiger partial charge in [-0.05, 0) is 30.4 Å². The first-order valence-corrected chi connectivity index (χ1v) is 7.98. The second-order valence-electron chi connectivity index (χ2n) is 6.05. The van der Waals surface area contributed by atoms with Crippen molar-refractivity contribution in [3.63, 3.8) is 0 Å². The van der Waals surface area contributed by atoms with Gasteiger partial charge in [-0.1, -0.05) is 38.1 Å². The molecule has 0 aromatic heterocycles. The number of methoxy groups -OCH3 is 1. The Balaban J connectivity index is 2.18. The molecular weight excluding hydrogens is 306 g/mol. The van der Waals surface area contributed by atoms with Gasteiger partial charge >= 0.3 is 5.97 Å². The quantitative estimate of drug-likeness (QED) is 0.827. The summed E-state index contributed by atoms with van der Waals surface area (Å²) in [5.41, 5.74) is 0.412. The molecular formula is C19H23NO4. The minimum Gasteiger partial charge on any atom is -0.496 e. The summed E-state index contributed by atoms with van der Waals surface area (Å²) in [6.07, 6.45) is -0.850. The third kappa shape index (κ3) is 4.04. The van der Waals surface area contributed by atoms with Gasteiger partial charge in [0.25, 0.3) is 5.91 Å². The lowest BCUT2D eigenvalue weighted by Crippen LogP contribution is -2.37. The molecule has 128 valence electrons. The van der Waals surface area contributed by atoms with E-state index in [4.69, 9.17) is 9.47 Å². The largest absolute Gasteiger partial charge is 0.496 e. The van der Waals surface area contributed by atoms with Gasteiger partial charge < -0.3 is 14.8 Å². The van der Waals surface area contributed by atoms with Crippen LogP contribution in [0.2, 0.25) is 0 Å². The fourth-order valence-electron chi connectivity index (χ4n) is 2.35. The maximum Gasteiger partial charge on any atom is 0.339 e. The molecule has 1 amide bonds. The number of hydrogen-bond acceptors (Lipinski definition) is 4. The number of fused-ring (bicyclic) bond motifs is 1. The van der Waals surface area contributed by atoms with Crippen LogP contribution in [0.25, 0.3) is 10.8 Å². The molecule has 24 heavy (non-hydrogen) atoms. The summed E-state index contributed by atoms with van der Waals surface area (Å²) in [4.78, 5) is 24.4. The molecule has 0 bridgehead atoms. The molecule has 0 fully saturated rings. The Morgan fingerprint density at radius 3 is 2.33 bits per heavy atom. The number of nitrogens with one attached hydrogen (secondary N) is 1. The number of rotatable bonds is 6. The van der Waals surface area contributed by atoms with E-state index < -0.39 is 12.1 Å². The van der Waals surface area contributed by atoms with Crippen LogP contribution >= 0.6 is 0 Å². The van der Waals surface area contributed by atoms with E-state index in [1.54, 1.807) is 26.2 Å². The van der Waals surface area contributed by atoms with E-state index in [0.717, 1.165) is 10.8 Å². The molecule has 0 aliphatic rings. The first kappa shape index (κ1) is 17.8. The molecule has 5 nitrogen and oxygen atoms in total. The van der Waals surface area contributed by atoms with Crippen LogP contribution in [0.5, 0.6) is 5.75 Å². The first-order chi connectivity index (χ1) is 11.4. The second-order valence-corrected chi connectivity index (χ2v) is 6.05. The van der Waals surface area contributed by atoms with E-state index in [1.807, 2.05) is 38.1 Å². The van der Waals surface area contributed by atoms with Gasteiger partial charge in [0.15, 0.2) is 6.10 Å². The number of benzene rings is 2. The van der Waals surface area contributed by atoms with Gasteiger partial charge in [0.05, 0.1) is 12.7 Å². The summed E-state index contributed by atoms with van der Waals surface area (Å²) < 4.78 is 10.6. The average molecular weight is 329 g/mol. The summed E-state index contributed by atoms with van der Waals surface area (Å²) in [6, 6.07) is 10.8. The van der Waals surface area contributed by atoms with Crippen LogP contribution in [0.15, 0.2) is 36.4 Å². The standard InChI is InChI=1S/C19H23NO4/c1-12(2)11-20-18(21)13(3)24-19(22)16-9-10-17(23-4)15-8-6-5-7-14(15)16/h5-10,12-13H,11H2,1-4H3,(H,20,21)/t13-/m0/s1. The van der Waals surface area contributed by atoms with Crippen molar-refractivity contribution in [2.75, 3.05) is 13.7 Å². The zero-order chi connectivity index (χ0) is 17.7. The summed E-state index contributed by atoms with van der Waals surface area (Å²) in [5.74, 6) is 0.197. The average Bonchev–Trinajstić information content (AvgIpc) is 2.58. The molecule has 0 saturated carbocycles. The molecule has 0 radical (unpaired) electrons. The lowest BCUT2D eigenvalue weighted by molar-refractivity contribution is -0.129. The molecule has 0 unspecified atom stereocenters. The monoisotopic (exact) mass is 329 g/mol. The van der Waals surface area contributed by atoms with Crippen LogP contribution < -0.4 is 10.1 Å². The Kier molecular flexibility index (Phi) is 5.79. The van der Waals surface area contributed by atoms with Gasteiger partial charge in [-0.3, -0.25) is 4.79 Å². The molecule has 0 saturated heterocycles. The second kappa shape index (κ2) is 7.81. The van der Waals surface area contributed by atoms with Crippen molar-refractivity contribution in [2.24, 2.45) is 5.92 Å². The molecule has 1 atom stereocenters. The number of carbonyl (C=O) groups excluding carboxylic acids is 2. The van der Waals surface area contributed by atoms with Crippen LogP contribution in [0.1, 0.15) is 31.1 Å². The van der Waals surface area contributed by atoms with Crippen molar-refractivity contribution in [3.05, 3.63) is 42.0 Å². The van der Waals surface area contributed by atoms with Gasteiger partial charge in [0.2, 0.25) is 0 Å². The normalized spacial score (nSPS) is 12.0. The number of ether oxygens (including phenoxy) is 2. The molecule has 0 heterocycles. The lowest BCUT2D eigenvalue weighted by Gasteiger charge is -2.16. The summed E-state index contributed by atoms with van der Waals surface area (Å²) >= 11 is 0. The Morgan fingerprint density at radius 2 is 1.71 bits per heavy atom. The van der Waals surface area contributed by atoms with Crippen molar-refractivity contribution in [3.8, 4) is 5.75 Å². The van der Waals surface area contributed by atoms with Crippen LogP contribution in [0, 0.1) is 5.92 Å². The van der Waals surface area contributed by atoms with E-state index in [2.05, 4.69) is 5.32 Å². The zero-order valence-electron chi connectivity index (χ0n) is 14.5. The number of amides is 1. The van der Waals surface area contributed by atoms with Crippen molar-refractivity contribution < 1.29 is 19.1 Å². The van der Waals surface area contributed by atoms with Crippen molar-refractivity contribution in [1.82, 2.24) is 5.32 Å². The van der Waals surface area contributed by atoms with Crippen molar-refractivity contribution in [1.29, 1.82) is 0 Å². The third-order valence-corrected chi connectivity index (χ3v) is 3.66. The third-order valence-electron chi connectivity index (χ3n) is 3.66. The molecule has 5 heteroatoms.